The second-order valence-corrected chi connectivity index (χ2v) is 5.56. The first-order valence-corrected chi connectivity index (χ1v) is 8.07. The molecule has 0 aliphatic rings. The fraction of sp³-hybridized carbons (Fsp3) is 0.211. The largest absolute Gasteiger partial charge is 0.497 e. The van der Waals surface area contributed by atoms with Crippen molar-refractivity contribution in [1.29, 1.82) is 0 Å². The normalized spacial score (nSPS) is 10.4. The van der Waals surface area contributed by atoms with Crippen LogP contribution in [0.3, 0.4) is 0 Å². The lowest BCUT2D eigenvalue weighted by Gasteiger charge is -2.08. The summed E-state index contributed by atoms with van der Waals surface area (Å²) in [4.78, 5) is 11.9. The Hall–Kier alpha value is -3.35. The number of hydrogen-bond donors (Lipinski definition) is 1. The van der Waals surface area contributed by atoms with Crippen LogP contribution in [-0.4, -0.2) is 29.8 Å². The van der Waals surface area contributed by atoms with Crippen LogP contribution in [0, 0.1) is 6.92 Å². The highest BCUT2D eigenvalue weighted by molar-refractivity contribution is 5.77. The van der Waals surface area contributed by atoms with Gasteiger partial charge in [0.05, 0.1) is 13.7 Å². The van der Waals surface area contributed by atoms with E-state index in [0.717, 1.165) is 11.1 Å². The van der Waals surface area contributed by atoms with Gasteiger partial charge in [-0.2, -0.15) is 0 Å². The predicted octanol–water partition coefficient (Wildman–Crippen LogP) is 2.75. The third-order valence-corrected chi connectivity index (χ3v) is 3.67. The second kappa shape index (κ2) is 8.15. The summed E-state index contributed by atoms with van der Waals surface area (Å²) in [6.07, 6.45) is 0. The van der Waals surface area contributed by atoms with Crippen LogP contribution in [0.5, 0.6) is 11.5 Å². The Balaban J connectivity index is 1.53. The highest BCUT2D eigenvalue weighted by Crippen LogP contribution is 2.22. The first-order valence-electron chi connectivity index (χ1n) is 8.07. The Bertz CT molecular complexity index is 892. The average molecular weight is 353 g/mol. The van der Waals surface area contributed by atoms with Gasteiger partial charge in [-0.3, -0.25) is 4.79 Å². The Morgan fingerprint density at radius 2 is 2.00 bits per heavy atom. The number of nitrogens with one attached hydrogen (secondary N) is 1. The number of carbonyl (C=O) groups is 1. The van der Waals surface area contributed by atoms with E-state index in [4.69, 9.17) is 13.9 Å². The van der Waals surface area contributed by atoms with Gasteiger partial charge < -0.3 is 19.2 Å². The number of aryl methyl sites for hydroxylation is 1. The molecule has 0 unspecified atom stereocenters. The van der Waals surface area contributed by atoms with E-state index in [2.05, 4.69) is 15.5 Å². The van der Waals surface area contributed by atoms with Crippen molar-refractivity contribution in [3.8, 4) is 23.0 Å². The van der Waals surface area contributed by atoms with Crippen molar-refractivity contribution in [2.45, 2.75) is 13.5 Å². The number of para-hydroxylation sites is 1. The molecular weight excluding hydrogens is 334 g/mol. The maximum Gasteiger partial charge on any atom is 0.258 e. The number of rotatable bonds is 7. The predicted molar refractivity (Wildman–Crippen MR) is 94.8 cm³/mol. The van der Waals surface area contributed by atoms with Gasteiger partial charge in [0.25, 0.3) is 5.91 Å². The van der Waals surface area contributed by atoms with E-state index in [1.807, 2.05) is 49.4 Å². The third kappa shape index (κ3) is 4.38. The minimum atomic E-state index is -0.269. The molecular formula is C19H19N3O4. The van der Waals surface area contributed by atoms with Gasteiger partial charge in [-0.1, -0.05) is 24.3 Å². The van der Waals surface area contributed by atoms with Crippen LogP contribution in [0.2, 0.25) is 0 Å². The van der Waals surface area contributed by atoms with E-state index in [1.54, 1.807) is 13.2 Å². The van der Waals surface area contributed by atoms with E-state index in [1.165, 1.54) is 0 Å². The Kier molecular flexibility index (Phi) is 5.48. The smallest absolute Gasteiger partial charge is 0.258 e. The standard InChI is InChI=1S/C19H19N3O4/c1-13-6-3-4-9-16(13)25-12-17(23)20-11-18-21-22-19(26-18)14-7-5-8-15(10-14)24-2/h3-10H,11-12H2,1-2H3,(H,20,23). The first-order chi connectivity index (χ1) is 12.7. The molecule has 7 heteroatoms. The van der Waals surface area contributed by atoms with Gasteiger partial charge in [0.1, 0.15) is 11.5 Å². The number of aromatic nitrogens is 2. The summed E-state index contributed by atoms with van der Waals surface area (Å²) in [5.74, 6) is 1.79. The van der Waals surface area contributed by atoms with Crippen LogP contribution < -0.4 is 14.8 Å². The minimum absolute atomic E-state index is 0.0816. The van der Waals surface area contributed by atoms with E-state index in [0.29, 0.717) is 23.3 Å². The lowest BCUT2D eigenvalue weighted by Crippen LogP contribution is -2.28. The molecule has 0 aliphatic carbocycles. The van der Waals surface area contributed by atoms with Crippen molar-refractivity contribution in [1.82, 2.24) is 15.5 Å². The Morgan fingerprint density at radius 1 is 1.15 bits per heavy atom. The molecule has 134 valence electrons. The number of methoxy groups -OCH3 is 1. The van der Waals surface area contributed by atoms with Crippen LogP contribution in [0.15, 0.2) is 52.9 Å². The van der Waals surface area contributed by atoms with Crippen molar-refractivity contribution < 1.29 is 18.7 Å². The van der Waals surface area contributed by atoms with E-state index < -0.39 is 0 Å². The lowest BCUT2D eigenvalue weighted by atomic mass is 10.2. The molecule has 26 heavy (non-hydrogen) atoms. The average Bonchev–Trinajstić information content (AvgIpc) is 3.15. The summed E-state index contributed by atoms with van der Waals surface area (Å²) in [6, 6.07) is 14.8. The number of nitrogens with zero attached hydrogens (tertiary/aromatic N) is 2. The fourth-order valence-corrected chi connectivity index (χ4v) is 2.28. The molecule has 3 aromatic rings. The molecule has 0 saturated carbocycles. The summed E-state index contributed by atoms with van der Waals surface area (Å²) in [5.41, 5.74) is 1.72. The summed E-state index contributed by atoms with van der Waals surface area (Å²) >= 11 is 0. The highest BCUT2D eigenvalue weighted by atomic mass is 16.5. The van der Waals surface area contributed by atoms with Crippen molar-refractivity contribution in [2.75, 3.05) is 13.7 Å². The van der Waals surface area contributed by atoms with Crippen LogP contribution in [0.1, 0.15) is 11.5 Å². The molecule has 2 aromatic carbocycles. The topological polar surface area (TPSA) is 86.5 Å². The summed E-state index contributed by atoms with van der Waals surface area (Å²) < 4.78 is 16.2. The molecule has 1 amide bonds. The molecule has 7 nitrogen and oxygen atoms in total. The highest BCUT2D eigenvalue weighted by Gasteiger charge is 2.11. The molecule has 0 saturated heterocycles. The van der Waals surface area contributed by atoms with E-state index >= 15 is 0 Å². The van der Waals surface area contributed by atoms with Gasteiger partial charge in [0.15, 0.2) is 6.61 Å². The summed E-state index contributed by atoms with van der Waals surface area (Å²) in [6.45, 7) is 1.97. The van der Waals surface area contributed by atoms with Gasteiger partial charge in [-0.05, 0) is 36.8 Å². The lowest BCUT2D eigenvalue weighted by molar-refractivity contribution is -0.123. The quantitative estimate of drug-likeness (QED) is 0.703. The number of carbonyl (C=O) groups excluding carboxylic acids is 1. The molecule has 0 aliphatic heterocycles. The SMILES string of the molecule is COc1cccc(-c2nnc(CNC(=O)COc3ccccc3C)o2)c1. The van der Waals surface area contributed by atoms with Crippen LogP contribution in [-0.2, 0) is 11.3 Å². The van der Waals surface area contributed by atoms with Gasteiger partial charge in [-0.15, -0.1) is 10.2 Å². The molecule has 0 radical (unpaired) electrons. The fourth-order valence-electron chi connectivity index (χ4n) is 2.28. The zero-order valence-electron chi connectivity index (χ0n) is 14.6. The molecule has 1 heterocycles. The number of hydrogen-bond acceptors (Lipinski definition) is 6. The van der Waals surface area contributed by atoms with E-state index in [-0.39, 0.29) is 19.1 Å². The maximum atomic E-state index is 11.9. The van der Waals surface area contributed by atoms with Crippen molar-refractivity contribution in [2.24, 2.45) is 0 Å². The molecule has 3 rings (SSSR count). The molecule has 0 spiro atoms. The summed E-state index contributed by atoms with van der Waals surface area (Å²) in [7, 11) is 1.59. The third-order valence-electron chi connectivity index (χ3n) is 3.67. The Morgan fingerprint density at radius 3 is 2.81 bits per heavy atom. The number of benzene rings is 2. The summed E-state index contributed by atoms with van der Waals surface area (Å²) in [5, 5.41) is 10.6. The molecule has 0 bridgehead atoms. The van der Waals surface area contributed by atoms with Gasteiger partial charge >= 0.3 is 0 Å². The minimum Gasteiger partial charge on any atom is -0.497 e. The maximum absolute atomic E-state index is 11.9. The van der Waals surface area contributed by atoms with Crippen LogP contribution in [0.25, 0.3) is 11.5 Å². The van der Waals surface area contributed by atoms with Crippen molar-refractivity contribution in [3.63, 3.8) is 0 Å². The molecule has 1 aromatic heterocycles. The Labute approximate surface area is 151 Å². The van der Waals surface area contributed by atoms with Crippen molar-refractivity contribution in [3.05, 3.63) is 60.0 Å². The number of ether oxygens (including phenoxy) is 2. The van der Waals surface area contributed by atoms with E-state index in [9.17, 15) is 4.79 Å². The first kappa shape index (κ1) is 17.5. The van der Waals surface area contributed by atoms with Crippen LogP contribution >= 0.6 is 0 Å². The monoisotopic (exact) mass is 353 g/mol. The zero-order valence-corrected chi connectivity index (χ0v) is 14.6. The van der Waals surface area contributed by atoms with Gasteiger partial charge in [-0.25, -0.2) is 0 Å². The van der Waals surface area contributed by atoms with Crippen LogP contribution in [0.4, 0.5) is 0 Å². The second-order valence-electron chi connectivity index (χ2n) is 5.56. The number of amides is 1. The van der Waals surface area contributed by atoms with Gasteiger partial charge in [0.2, 0.25) is 11.8 Å². The van der Waals surface area contributed by atoms with Crippen molar-refractivity contribution >= 4 is 5.91 Å². The van der Waals surface area contributed by atoms with Gasteiger partial charge in [0, 0.05) is 5.56 Å². The molecule has 0 fully saturated rings. The molecule has 1 N–H and O–H groups in total. The molecule has 0 atom stereocenters. The zero-order chi connectivity index (χ0) is 18.4.